The van der Waals surface area contributed by atoms with Crippen molar-refractivity contribution in [1.82, 2.24) is 0 Å². The summed E-state index contributed by atoms with van der Waals surface area (Å²) in [5, 5.41) is 9.12. The van der Waals surface area contributed by atoms with E-state index in [4.69, 9.17) is 10.8 Å². The van der Waals surface area contributed by atoms with Gasteiger partial charge in [0.2, 0.25) is 0 Å². The van der Waals surface area contributed by atoms with Gasteiger partial charge in [-0.25, -0.2) is 4.79 Å². The van der Waals surface area contributed by atoms with Crippen molar-refractivity contribution in [1.29, 1.82) is 0 Å². The van der Waals surface area contributed by atoms with Gasteiger partial charge in [0.1, 0.15) is 10.6 Å². The number of carboxylic acids is 1. The fourth-order valence-electron chi connectivity index (χ4n) is 1.51. The van der Waals surface area contributed by atoms with Crippen molar-refractivity contribution >= 4 is 32.4 Å². The fraction of sp³-hybridized carbons (Fsp3) is 0.100. The van der Waals surface area contributed by atoms with Crippen molar-refractivity contribution in [2.45, 2.75) is 6.18 Å². The first-order valence-corrected chi connectivity index (χ1v) is 5.25. The molecule has 0 aliphatic rings. The molecule has 0 aliphatic carbocycles. The molecular formula is C10H6F3NO2S. The maximum atomic E-state index is 12.4. The lowest BCUT2D eigenvalue weighted by Crippen LogP contribution is -2.04. The van der Waals surface area contributed by atoms with Crippen LogP contribution >= 0.6 is 11.3 Å². The van der Waals surface area contributed by atoms with Gasteiger partial charge in [0.15, 0.2) is 0 Å². The average molecular weight is 261 g/mol. The number of carbonyl (C=O) groups is 1. The van der Waals surface area contributed by atoms with Gasteiger partial charge in [-0.2, -0.15) is 13.2 Å². The first-order chi connectivity index (χ1) is 7.80. The number of thiophene rings is 1. The van der Waals surface area contributed by atoms with Gasteiger partial charge in [0, 0.05) is 10.1 Å². The molecule has 2 aromatic rings. The number of hydrogen-bond acceptors (Lipinski definition) is 3. The molecule has 90 valence electrons. The van der Waals surface area contributed by atoms with E-state index in [2.05, 4.69) is 0 Å². The van der Waals surface area contributed by atoms with Crippen LogP contribution in [-0.2, 0) is 6.18 Å². The van der Waals surface area contributed by atoms with E-state index in [-0.39, 0.29) is 20.7 Å². The second-order valence-corrected chi connectivity index (χ2v) is 4.44. The summed E-state index contributed by atoms with van der Waals surface area (Å²) in [7, 11) is 0. The highest BCUT2D eigenvalue weighted by Gasteiger charge is 2.31. The first-order valence-electron chi connectivity index (χ1n) is 4.43. The second-order valence-electron chi connectivity index (χ2n) is 3.36. The maximum absolute atomic E-state index is 12.4. The molecule has 3 nitrogen and oxygen atoms in total. The van der Waals surface area contributed by atoms with E-state index in [1.165, 1.54) is 0 Å². The quantitative estimate of drug-likeness (QED) is 0.828. The van der Waals surface area contributed by atoms with E-state index in [0.29, 0.717) is 0 Å². The third-order valence-electron chi connectivity index (χ3n) is 2.26. The zero-order chi connectivity index (χ0) is 12.8. The van der Waals surface area contributed by atoms with Gasteiger partial charge in [-0.15, -0.1) is 11.3 Å². The van der Waals surface area contributed by atoms with Crippen molar-refractivity contribution in [3.05, 3.63) is 29.3 Å². The van der Waals surface area contributed by atoms with E-state index < -0.39 is 17.7 Å². The van der Waals surface area contributed by atoms with Crippen LogP contribution in [0.1, 0.15) is 15.9 Å². The SMILES string of the molecule is Nc1sc2cc(C(F)(F)F)ccc2c1C(=O)O. The molecule has 0 amide bonds. The van der Waals surface area contributed by atoms with Crippen LogP contribution in [0.4, 0.5) is 18.2 Å². The highest BCUT2D eigenvalue weighted by Crippen LogP contribution is 2.37. The summed E-state index contributed by atoms with van der Waals surface area (Å²) in [5.41, 5.74) is 4.51. The summed E-state index contributed by atoms with van der Waals surface area (Å²) < 4.78 is 37.5. The van der Waals surface area contributed by atoms with Gasteiger partial charge < -0.3 is 10.8 Å². The molecule has 0 fully saturated rings. The number of anilines is 1. The Labute approximate surface area is 97.3 Å². The lowest BCUT2D eigenvalue weighted by Gasteiger charge is -2.05. The Morgan fingerprint density at radius 1 is 1.35 bits per heavy atom. The lowest BCUT2D eigenvalue weighted by atomic mass is 10.1. The Balaban J connectivity index is 2.70. The number of fused-ring (bicyclic) bond motifs is 1. The zero-order valence-electron chi connectivity index (χ0n) is 8.21. The molecule has 1 heterocycles. The molecule has 0 spiro atoms. The normalized spacial score (nSPS) is 11.9. The smallest absolute Gasteiger partial charge is 0.416 e. The lowest BCUT2D eigenvalue weighted by molar-refractivity contribution is -0.137. The van der Waals surface area contributed by atoms with E-state index >= 15 is 0 Å². The molecule has 0 saturated carbocycles. The number of rotatable bonds is 1. The predicted octanol–water partition coefficient (Wildman–Crippen LogP) is 3.20. The minimum absolute atomic E-state index is 0.00632. The van der Waals surface area contributed by atoms with Crippen LogP contribution in [0, 0.1) is 0 Å². The van der Waals surface area contributed by atoms with Crippen LogP contribution in [0.2, 0.25) is 0 Å². The van der Waals surface area contributed by atoms with Crippen LogP contribution in [0.25, 0.3) is 10.1 Å². The zero-order valence-corrected chi connectivity index (χ0v) is 9.02. The molecular weight excluding hydrogens is 255 g/mol. The van der Waals surface area contributed by atoms with Gasteiger partial charge in [-0.05, 0) is 12.1 Å². The van der Waals surface area contributed by atoms with Crippen LogP contribution in [0.15, 0.2) is 18.2 Å². The maximum Gasteiger partial charge on any atom is 0.416 e. The average Bonchev–Trinajstić information content (AvgIpc) is 2.50. The Morgan fingerprint density at radius 3 is 2.53 bits per heavy atom. The minimum atomic E-state index is -4.45. The molecule has 0 aliphatic heterocycles. The number of halogens is 3. The van der Waals surface area contributed by atoms with E-state index in [1.54, 1.807) is 0 Å². The molecule has 3 N–H and O–H groups in total. The second kappa shape index (κ2) is 3.63. The standard InChI is InChI=1S/C10H6F3NO2S/c11-10(12,13)4-1-2-5-6(3-4)17-8(14)7(5)9(15)16/h1-3H,14H2,(H,15,16). The molecule has 17 heavy (non-hydrogen) atoms. The Bertz CT molecular complexity index is 603. The molecule has 7 heteroatoms. The number of aromatic carboxylic acids is 1. The molecule has 0 radical (unpaired) electrons. The van der Waals surface area contributed by atoms with Crippen LogP contribution in [0.5, 0.6) is 0 Å². The monoisotopic (exact) mass is 261 g/mol. The van der Waals surface area contributed by atoms with Crippen molar-refractivity contribution < 1.29 is 23.1 Å². The first kappa shape index (κ1) is 11.7. The molecule has 0 atom stereocenters. The van der Waals surface area contributed by atoms with Crippen LogP contribution < -0.4 is 5.73 Å². The molecule has 1 aromatic heterocycles. The Hall–Kier alpha value is -1.76. The molecule has 0 saturated heterocycles. The van der Waals surface area contributed by atoms with Crippen molar-refractivity contribution in [3.63, 3.8) is 0 Å². The third-order valence-corrected chi connectivity index (χ3v) is 3.24. The predicted molar refractivity (Wildman–Crippen MR) is 58.2 cm³/mol. The number of carboxylic acid groups (broad SMARTS) is 1. The highest BCUT2D eigenvalue weighted by atomic mass is 32.1. The van der Waals surface area contributed by atoms with Gasteiger partial charge >= 0.3 is 12.1 Å². The topological polar surface area (TPSA) is 63.3 Å². The molecule has 2 rings (SSSR count). The summed E-state index contributed by atoms with van der Waals surface area (Å²) in [6.07, 6.45) is -4.45. The van der Waals surface area contributed by atoms with Gasteiger partial charge in [0.25, 0.3) is 0 Å². The fourth-order valence-corrected chi connectivity index (χ4v) is 2.51. The summed E-state index contributed by atoms with van der Waals surface area (Å²) in [4.78, 5) is 10.9. The largest absolute Gasteiger partial charge is 0.478 e. The third kappa shape index (κ3) is 1.93. The van der Waals surface area contributed by atoms with Crippen molar-refractivity contribution in [2.75, 3.05) is 5.73 Å². The minimum Gasteiger partial charge on any atom is -0.478 e. The summed E-state index contributed by atoms with van der Waals surface area (Å²) >= 11 is 0.834. The van der Waals surface area contributed by atoms with Crippen LogP contribution in [0.3, 0.4) is 0 Å². The molecule has 1 aromatic carbocycles. The molecule has 0 bridgehead atoms. The summed E-state index contributed by atoms with van der Waals surface area (Å²) in [5.74, 6) is -1.24. The van der Waals surface area contributed by atoms with E-state index in [9.17, 15) is 18.0 Å². The van der Waals surface area contributed by atoms with Gasteiger partial charge in [-0.1, -0.05) is 6.07 Å². The highest BCUT2D eigenvalue weighted by molar-refractivity contribution is 7.23. The van der Waals surface area contributed by atoms with Crippen LogP contribution in [-0.4, -0.2) is 11.1 Å². The Kier molecular flexibility index (Phi) is 2.50. The number of benzene rings is 1. The van der Waals surface area contributed by atoms with E-state index in [1.807, 2.05) is 0 Å². The number of nitrogen functional groups attached to an aromatic ring is 1. The van der Waals surface area contributed by atoms with Crippen molar-refractivity contribution in [2.24, 2.45) is 0 Å². The summed E-state index contributed by atoms with van der Waals surface area (Å²) in [6, 6.07) is 2.89. The van der Waals surface area contributed by atoms with E-state index in [0.717, 1.165) is 29.5 Å². The number of alkyl halides is 3. The molecule has 0 unspecified atom stereocenters. The number of hydrogen-bond donors (Lipinski definition) is 2. The van der Waals surface area contributed by atoms with Gasteiger partial charge in [-0.3, -0.25) is 0 Å². The number of nitrogens with two attached hydrogens (primary N) is 1. The van der Waals surface area contributed by atoms with Crippen molar-refractivity contribution in [3.8, 4) is 0 Å². The Morgan fingerprint density at radius 2 is 2.00 bits per heavy atom. The summed E-state index contributed by atoms with van der Waals surface area (Å²) in [6.45, 7) is 0. The van der Waals surface area contributed by atoms with Gasteiger partial charge in [0.05, 0.1) is 5.56 Å².